The number of nitrogens with zero attached hydrogens (tertiary/aromatic N) is 2. The van der Waals surface area contributed by atoms with E-state index in [0.29, 0.717) is 22.8 Å². The van der Waals surface area contributed by atoms with Crippen molar-refractivity contribution in [3.05, 3.63) is 41.3 Å². The summed E-state index contributed by atoms with van der Waals surface area (Å²) in [4.78, 5) is 56.9. The highest BCUT2D eigenvalue weighted by molar-refractivity contribution is 7.14. The third-order valence-electron chi connectivity index (χ3n) is 7.61. The second-order valence-electron chi connectivity index (χ2n) is 13.2. The molecule has 1 saturated carbocycles. The number of rotatable bonds is 7. The summed E-state index contributed by atoms with van der Waals surface area (Å²) in [6.07, 6.45) is 5.44. The molecule has 2 N–H and O–H groups in total. The van der Waals surface area contributed by atoms with Crippen molar-refractivity contribution in [2.45, 2.75) is 97.8 Å². The lowest BCUT2D eigenvalue weighted by atomic mass is 9.90. The van der Waals surface area contributed by atoms with Crippen LogP contribution in [-0.2, 0) is 25.5 Å². The van der Waals surface area contributed by atoms with Gasteiger partial charge in [-0.1, -0.05) is 52.2 Å². The van der Waals surface area contributed by atoms with Crippen molar-refractivity contribution >= 4 is 51.4 Å². The largest absolute Gasteiger partial charge is 0.460 e. The van der Waals surface area contributed by atoms with Crippen LogP contribution >= 0.6 is 11.3 Å². The van der Waals surface area contributed by atoms with Crippen molar-refractivity contribution in [3.8, 4) is 0 Å². The number of anilines is 3. The highest BCUT2D eigenvalue weighted by atomic mass is 32.1. The van der Waals surface area contributed by atoms with Crippen molar-refractivity contribution in [2.75, 3.05) is 28.2 Å². The molecule has 1 aliphatic heterocycles. The SMILES string of the molecule is CC(C)(C)OC(=O)Cc1ccsc1NC(=O)NC1CN(C2CCCCC2)c2ccccc2N(CC(=O)C(C)(C)C)C1=O. The first-order valence-electron chi connectivity index (χ1n) is 14.8. The number of thiophene rings is 1. The van der Waals surface area contributed by atoms with E-state index in [1.165, 1.54) is 22.7 Å². The molecule has 3 amide bonds. The van der Waals surface area contributed by atoms with Gasteiger partial charge >= 0.3 is 12.0 Å². The number of ether oxygens (including phenoxy) is 1. The summed E-state index contributed by atoms with van der Waals surface area (Å²) < 4.78 is 5.44. The highest BCUT2D eigenvalue weighted by Gasteiger charge is 2.39. The maximum absolute atomic E-state index is 14.1. The quantitative estimate of drug-likeness (QED) is 0.384. The molecule has 228 valence electrons. The Kier molecular flexibility index (Phi) is 9.65. The number of para-hydroxylation sites is 2. The molecular weight excluding hydrogens is 552 g/mol. The Balaban J connectivity index is 1.59. The van der Waals surface area contributed by atoms with E-state index in [-0.39, 0.29) is 36.7 Å². The van der Waals surface area contributed by atoms with Gasteiger partial charge in [-0.3, -0.25) is 19.7 Å². The monoisotopic (exact) mass is 596 g/mol. The minimum atomic E-state index is -0.888. The molecule has 1 aliphatic carbocycles. The molecule has 4 rings (SSSR count). The van der Waals surface area contributed by atoms with E-state index in [1.807, 2.05) is 65.8 Å². The normalized spacial score (nSPS) is 18.2. The van der Waals surface area contributed by atoms with E-state index in [2.05, 4.69) is 15.5 Å². The Bertz CT molecular complexity index is 1300. The molecule has 1 unspecified atom stereocenters. The van der Waals surface area contributed by atoms with Crippen molar-refractivity contribution in [1.29, 1.82) is 0 Å². The highest BCUT2D eigenvalue weighted by Crippen LogP contribution is 2.37. The molecule has 1 aromatic carbocycles. The van der Waals surface area contributed by atoms with E-state index in [1.54, 1.807) is 11.4 Å². The van der Waals surface area contributed by atoms with Crippen LogP contribution in [0, 0.1) is 5.41 Å². The number of hydrogen-bond acceptors (Lipinski definition) is 7. The van der Waals surface area contributed by atoms with Crippen LogP contribution in [0.4, 0.5) is 21.2 Å². The second-order valence-corrected chi connectivity index (χ2v) is 14.1. The molecule has 1 aromatic heterocycles. The van der Waals surface area contributed by atoms with E-state index in [9.17, 15) is 19.2 Å². The Labute approximate surface area is 253 Å². The molecule has 0 saturated heterocycles. The summed E-state index contributed by atoms with van der Waals surface area (Å²) >= 11 is 1.30. The van der Waals surface area contributed by atoms with Crippen LogP contribution in [0.15, 0.2) is 35.7 Å². The van der Waals surface area contributed by atoms with Gasteiger partial charge in [-0.05, 0) is 62.8 Å². The second kappa shape index (κ2) is 12.9. The minimum Gasteiger partial charge on any atom is -0.460 e. The molecule has 2 aliphatic rings. The fourth-order valence-electron chi connectivity index (χ4n) is 5.42. The molecule has 1 fully saturated rings. The Hall–Kier alpha value is -3.40. The molecule has 0 radical (unpaired) electrons. The van der Waals surface area contributed by atoms with E-state index < -0.39 is 23.1 Å². The third kappa shape index (κ3) is 7.91. The molecule has 0 spiro atoms. The van der Waals surface area contributed by atoms with Gasteiger partial charge in [0.2, 0.25) is 0 Å². The lowest BCUT2D eigenvalue weighted by Crippen LogP contribution is -2.55. The van der Waals surface area contributed by atoms with Crippen LogP contribution in [0.5, 0.6) is 0 Å². The lowest BCUT2D eigenvalue weighted by molar-refractivity contribution is -0.153. The average Bonchev–Trinajstić information content (AvgIpc) is 3.29. The molecule has 2 aromatic rings. The van der Waals surface area contributed by atoms with Crippen molar-refractivity contribution < 1.29 is 23.9 Å². The van der Waals surface area contributed by atoms with Crippen LogP contribution < -0.4 is 20.4 Å². The van der Waals surface area contributed by atoms with Gasteiger partial charge in [0, 0.05) is 18.0 Å². The number of carbonyl (C=O) groups is 4. The van der Waals surface area contributed by atoms with E-state index >= 15 is 0 Å². The fraction of sp³-hybridized carbons (Fsp3) is 0.562. The maximum Gasteiger partial charge on any atom is 0.320 e. The molecular formula is C32H44N4O5S. The van der Waals surface area contributed by atoms with Gasteiger partial charge < -0.3 is 19.9 Å². The summed E-state index contributed by atoms with van der Waals surface area (Å²) in [6, 6.07) is 8.30. The van der Waals surface area contributed by atoms with Gasteiger partial charge in [-0.2, -0.15) is 0 Å². The number of fused-ring (bicyclic) bond motifs is 1. The Morgan fingerprint density at radius 1 is 0.976 bits per heavy atom. The number of Topliss-reactive ketones (excluding diaryl/α,β-unsaturated/α-hetero) is 1. The smallest absolute Gasteiger partial charge is 0.320 e. The predicted octanol–water partition coefficient (Wildman–Crippen LogP) is 5.92. The topological polar surface area (TPSA) is 108 Å². The zero-order chi connectivity index (χ0) is 30.7. The molecule has 1 atom stereocenters. The first kappa shape index (κ1) is 31.5. The van der Waals surface area contributed by atoms with Crippen LogP contribution in [0.25, 0.3) is 0 Å². The average molecular weight is 597 g/mol. The number of carbonyl (C=O) groups excluding carboxylic acids is 4. The van der Waals surface area contributed by atoms with E-state index in [4.69, 9.17) is 4.74 Å². The van der Waals surface area contributed by atoms with Crippen LogP contribution in [0.2, 0.25) is 0 Å². The zero-order valence-corrected chi connectivity index (χ0v) is 26.4. The number of nitrogens with one attached hydrogen (secondary N) is 2. The van der Waals surface area contributed by atoms with Crippen molar-refractivity contribution in [1.82, 2.24) is 5.32 Å². The number of hydrogen-bond donors (Lipinski definition) is 2. The standard InChI is InChI=1S/C32H44N4O5S/c1-31(2,3)26(37)20-36-25-15-11-10-14-24(25)35(22-12-8-7-9-13-22)19-23(29(36)39)33-30(40)34-28-21(16-17-42-28)18-27(38)41-32(4,5)6/h10-11,14-17,22-23H,7-9,12-13,18-20H2,1-6H3,(H2,33,34,40). The summed E-state index contributed by atoms with van der Waals surface area (Å²) in [7, 11) is 0. The summed E-state index contributed by atoms with van der Waals surface area (Å²) in [6.45, 7) is 11.2. The summed E-state index contributed by atoms with van der Waals surface area (Å²) in [5, 5.41) is 8.07. The first-order chi connectivity index (χ1) is 19.7. The van der Waals surface area contributed by atoms with Crippen LogP contribution in [0.1, 0.15) is 79.2 Å². The summed E-state index contributed by atoms with van der Waals surface area (Å²) in [5.41, 5.74) is 0.995. The van der Waals surface area contributed by atoms with Crippen molar-refractivity contribution in [3.63, 3.8) is 0 Å². The van der Waals surface area contributed by atoms with Gasteiger partial charge in [0.1, 0.15) is 16.6 Å². The van der Waals surface area contributed by atoms with Crippen LogP contribution in [0.3, 0.4) is 0 Å². The third-order valence-corrected chi connectivity index (χ3v) is 8.49. The lowest BCUT2D eigenvalue weighted by Gasteiger charge is -2.37. The maximum atomic E-state index is 14.1. The zero-order valence-electron chi connectivity index (χ0n) is 25.6. The van der Waals surface area contributed by atoms with E-state index in [0.717, 1.165) is 31.4 Å². The van der Waals surface area contributed by atoms with Gasteiger partial charge in [0.05, 0.1) is 24.3 Å². The number of esters is 1. The van der Waals surface area contributed by atoms with Gasteiger partial charge in [-0.25, -0.2) is 4.79 Å². The van der Waals surface area contributed by atoms with Gasteiger partial charge in [-0.15, -0.1) is 11.3 Å². The van der Waals surface area contributed by atoms with Gasteiger partial charge in [0.15, 0.2) is 5.78 Å². The number of ketones is 1. The van der Waals surface area contributed by atoms with Crippen LogP contribution in [-0.4, -0.2) is 54.5 Å². The summed E-state index contributed by atoms with van der Waals surface area (Å²) in [5.74, 6) is -0.776. The molecule has 9 nitrogen and oxygen atoms in total. The molecule has 0 bridgehead atoms. The Morgan fingerprint density at radius 3 is 2.29 bits per heavy atom. The Morgan fingerprint density at radius 2 is 1.64 bits per heavy atom. The minimum absolute atomic E-state index is 0.0200. The molecule has 10 heteroatoms. The number of urea groups is 1. The van der Waals surface area contributed by atoms with Crippen molar-refractivity contribution in [2.24, 2.45) is 5.41 Å². The molecule has 42 heavy (non-hydrogen) atoms. The first-order valence-corrected chi connectivity index (χ1v) is 15.7. The number of amides is 3. The van der Waals surface area contributed by atoms with Gasteiger partial charge in [0.25, 0.3) is 5.91 Å². The molecule has 2 heterocycles. The number of benzene rings is 1. The predicted molar refractivity (Wildman–Crippen MR) is 167 cm³/mol. The fourth-order valence-corrected chi connectivity index (χ4v) is 6.23.